The molecular weight excluding hydrogens is 312 g/mol. The molecule has 2 heterocycles. The van der Waals surface area contributed by atoms with Gasteiger partial charge in [0.25, 0.3) is 0 Å². The van der Waals surface area contributed by atoms with Crippen molar-refractivity contribution in [2.45, 2.75) is 40.0 Å². The van der Waals surface area contributed by atoms with Crippen LogP contribution in [-0.2, 0) is 4.79 Å². The van der Waals surface area contributed by atoms with Crippen LogP contribution < -0.4 is 10.4 Å². The zero-order valence-electron chi connectivity index (χ0n) is 13.9. The van der Waals surface area contributed by atoms with Crippen molar-refractivity contribution < 1.29 is 23.8 Å². The monoisotopic (exact) mass is 330 g/mol. The topological polar surface area (TPSA) is 93.8 Å². The number of fused-ring (bicyclic) bond motifs is 3. The van der Waals surface area contributed by atoms with Gasteiger partial charge in [0.15, 0.2) is 11.5 Å². The molecule has 0 spiro atoms. The van der Waals surface area contributed by atoms with E-state index in [1.54, 1.807) is 6.92 Å². The fourth-order valence-corrected chi connectivity index (χ4v) is 3.34. The molecule has 0 amide bonds. The van der Waals surface area contributed by atoms with Crippen molar-refractivity contribution in [3.8, 4) is 11.5 Å². The maximum absolute atomic E-state index is 12.1. The summed E-state index contributed by atoms with van der Waals surface area (Å²) in [6.45, 7) is 6.83. The highest BCUT2D eigenvalue weighted by molar-refractivity contribution is 6.08. The molecule has 0 radical (unpaired) electrons. The molecule has 1 aliphatic heterocycles. The van der Waals surface area contributed by atoms with Gasteiger partial charge in [0.05, 0.1) is 11.8 Å². The lowest BCUT2D eigenvalue weighted by atomic mass is 9.81. The van der Waals surface area contributed by atoms with E-state index in [0.717, 1.165) is 0 Å². The number of aryl methyl sites for hydroxylation is 1. The molecule has 3 rings (SSSR count). The number of benzene rings is 1. The number of hydrogen-bond donors (Lipinski definition) is 1. The minimum absolute atomic E-state index is 0.0104. The number of hydrogen-bond acceptors (Lipinski definition) is 6. The van der Waals surface area contributed by atoms with Crippen LogP contribution in [0.3, 0.4) is 0 Å². The molecule has 24 heavy (non-hydrogen) atoms. The summed E-state index contributed by atoms with van der Waals surface area (Å²) in [6.07, 6.45) is 0.125. The van der Waals surface area contributed by atoms with E-state index in [2.05, 4.69) is 0 Å². The Morgan fingerprint density at radius 2 is 2.00 bits per heavy atom. The Labute approximate surface area is 138 Å². The summed E-state index contributed by atoms with van der Waals surface area (Å²) in [4.78, 5) is 35.9. The summed E-state index contributed by atoms with van der Waals surface area (Å²) in [5.74, 6) is -1.43. The first-order chi connectivity index (χ1) is 11.2. The van der Waals surface area contributed by atoms with Crippen LogP contribution in [0.15, 0.2) is 15.3 Å². The summed E-state index contributed by atoms with van der Waals surface area (Å²) in [5, 5.41) is 10.9. The number of esters is 1. The number of phenolic OH excluding ortho intramolecular Hbond substituents is 1. The van der Waals surface area contributed by atoms with Crippen LogP contribution in [0.2, 0.25) is 0 Å². The molecule has 1 aromatic heterocycles. The van der Waals surface area contributed by atoms with Gasteiger partial charge < -0.3 is 14.3 Å². The number of ether oxygens (including phenoxy) is 1. The smallest absolute Gasteiger partial charge is 0.336 e. The van der Waals surface area contributed by atoms with E-state index in [9.17, 15) is 19.5 Å². The Morgan fingerprint density at radius 3 is 2.58 bits per heavy atom. The molecular formula is C18H18O6. The van der Waals surface area contributed by atoms with Crippen molar-refractivity contribution in [3.05, 3.63) is 33.2 Å². The molecule has 1 N–H and O–H groups in total. The first-order valence-corrected chi connectivity index (χ1v) is 7.77. The van der Waals surface area contributed by atoms with Gasteiger partial charge in [0.1, 0.15) is 16.9 Å². The van der Waals surface area contributed by atoms with Crippen LogP contribution >= 0.6 is 0 Å². The van der Waals surface area contributed by atoms with E-state index in [0.29, 0.717) is 16.5 Å². The molecule has 6 heteroatoms. The van der Waals surface area contributed by atoms with Crippen LogP contribution in [0.5, 0.6) is 11.5 Å². The predicted molar refractivity (Wildman–Crippen MR) is 86.7 cm³/mol. The molecule has 1 atom stereocenters. The molecule has 1 aliphatic rings. The first kappa shape index (κ1) is 16.2. The van der Waals surface area contributed by atoms with Crippen molar-refractivity contribution >= 4 is 22.7 Å². The highest BCUT2D eigenvalue weighted by Gasteiger charge is 2.37. The Balaban J connectivity index is 2.58. The number of aromatic hydroxyl groups is 1. The first-order valence-electron chi connectivity index (χ1n) is 7.77. The summed E-state index contributed by atoms with van der Waals surface area (Å²) >= 11 is 0. The van der Waals surface area contributed by atoms with E-state index >= 15 is 0 Å². The number of ketones is 1. The summed E-state index contributed by atoms with van der Waals surface area (Å²) < 4.78 is 10.6. The largest absolute Gasteiger partial charge is 0.506 e. The Hall–Kier alpha value is -2.63. The molecule has 0 fully saturated rings. The van der Waals surface area contributed by atoms with Crippen LogP contribution in [0.4, 0.5) is 0 Å². The molecule has 0 bridgehead atoms. The van der Waals surface area contributed by atoms with Crippen LogP contribution in [0.1, 0.15) is 54.6 Å². The fraction of sp³-hybridized carbons (Fsp3) is 0.389. The van der Waals surface area contributed by atoms with Gasteiger partial charge in [-0.2, -0.15) is 0 Å². The van der Waals surface area contributed by atoms with E-state index in [1.165, 1.54) is 13.0 Å². The number of rotatable bonds is 2. The molecule has 1 aromatic carbocycles. The standard InChI is InChI=1S/C18H18O6/c1-7(2)10-6-12(21)24-18-14(9(4)19)16(22)13-8(3)5-11(20)23-17(13)15(10)18/h5,7,10,22H,6H2,1-4H3. The van der Waals surface area contributed by atoms with Gasteiger partial charge in [-0.1, -0.05) is 13.8 Å². The highest BCUT2D eigenvalue weighted by atomic mass is 16.5. The lowest BCUT2D eigenvalue weighted by molar-refractivity contribution is -0.136. The maximum atomic E-state index is 12.1. The second-order valence-corrected chi connectivity index (χ2v) is 6.50. The highest BCUT2D eigenvalue weighted by Crippen LogP contribution is 2.49. The SMILES string of the molecule is CC(=O)c1c2c(c3oc(=O)cc(C)c3c1O)C(C(C)C)CC(=O)O2. The summed E-state index contributed by atoms with van der Waals surface area (Å²) in [7, 11) is 0. The third-order valence-electron chi connectivity index (χ3n) is 4.48. The number of carbonyl (C=O) groups is 2. The quantitative estimate of drug-likeness (QED) is 0.394. The number of carbonyl (C=O) groups excluding carboxylic acids is 2. The van der Waals surface area contributed by atoms with Crippen molar-refractivity contribution in [2.24, 2.45) is 5.92 Å². The third kappa shape index (κ3) is 2.29. The predicted octanol–water partition coefficient (Wildman–Crippen LogP) is 3.06. The molecule has 126 valence electrons. The minimum atomic E-state index is -0.559. The van der Waals surface area contributed by atoms with Crippen LogP contribution in [-0.4, -0.2) is 16.9 Å². The lowest BCUT2D eigenvalue weighted by Gasteiger charge is -2.29. The van der Waals surface area contributed by atoms with Gasteiger partial charge in [0.2, 0.25) is 0 Å². The van der Waals surface area contributed by atoms with Crippen molar-refractivity contribution in [1.82, 2.24) is 0 Å². The van der Waals surface area contributed by atoms with Gasteiger partial charge in [-0.3, -0.25) is 9.59 Å². The van der Waals surface area contributed by atoms with Crippen molar-refractivity contribution in [2.75, 3.05) is 0 Å². The van der Waals surface area contributed by atoms with Crippen LogP contribution in [0.25, 0.3) is 11.0 Å². The lowest BCUT2D eigenvalue weighted by Crippen LogP contribution is -2.25. The fourth-order valence-electron chi connectivity index (χ4n) is 3.34. The van der Waals surface area contributed by atoms with E-state index in [1.807, 2.05) is 13.8 Å². The second kappa shape index (κ2) is 5.47. The molecule has 1 unspecified atom stereocenters. The van der Waals surface area contributed by atoms with Gasteiger partial charge in [-0.15, -0.1) is 0 Å². The minimum Gasteiger partial charge on any atom is -0.506 e. The van der Waals surface area contributed by atoms with E-state index in [4.69, 9.17) is 9.15 Å². The summed E-state index contributed by atoms with van der Waals surface area (Å²) in [5.41, 5.74) is 0.584. The van der Waals surface area contributed by atoms with Gasteiger partial charge >= 0.3 is 11.6 Å². The van der Waals surface area contributed by atoms with E-state index < -0.39 is 17.4 Å². The van der Waals surface area contributed by atoms with Gasteiger partial charge in [-0.05, 0) is 25.3 Å². The number of phenols is 1. The van der Waals surface area contributed by atoms with Crippen molar-refractivity contribution in [1.29, 1.82) is 0 Å². The zero-order valence-corrected chi connectivity index (χ0v) is 13.9. The molecule has 6 nitrogen and oxygen atoms in total. The summed E-state index contributed by atoms with van der Waals surface area (Å²) in [6, 6.07) is 1.26. The van der Waals surface area contributed by atoms with Gasteiger partial charge in [-0.25, -0.2) is 4.79 Å². The average Bonchev–Trinajstić information content (AvgIpc) is 2.44. The maximum Gasteiger partial charge on any atom is 0.336 e. The zero-order chi connectivity index (χ0) is 17.8. The van der Waals surface area contributed by atoms with E-state index in [-0.39, 0.29) is 40.9 Å². The molecule has 2 aromatic rings. The third-order valence-corrected chi connectivity index (χ3v) is 4.48. The average molecular weight is 330 g/mol. The Bertz CT molecular complexity index is 935. The Kier molecular flexibility index (Phi) is 3.70. The molecule has 0 saturated carbocycles. The molecule has 0 aliphatic carbocycles. The second-order valence-electron chi connectivity index (χ2n) is 6.50. The van der Waals surface area contributed by atoms with Gasteiger partial charge in [0, 0.05) is 17.5 Å². The number of Topliss-reactive ketones (excluding diaryl/α,β-unsaturated/α-hetero) is 1. The van der Waals surface area contributed by atoms with Crippen LogP contribution in [0, 0.1) is 12.8 Å². The van der Waals surface area contributed by atoms with Crippen molar-refractivity contribution in [3.63, 3.8) is 0 Å². The Morgan fingerprint density at radius 1 is 1.33 bits per heavy atom. The molecule has 0 saturated heterocycles. The normalized spacial score (nSPS) is 17.0.